The van der Waals surface area contributed by atoms with E-state index in [2.05, 4.69) is 4.74 Å². The van der Waals surface area contributed by atoms with E-state index in [1.165, 1.54) is 25.1 Å². The zero-order valence-corrected chi connectivity index (χ0v) is 10.6. The summed E-state index contributed by atoms with van der Waals surface area (Å²) in [5, 5.41) is 0. The molecule has 0 heterocycles. The fourth-order valence-corrected chi connectivity index (χ4v) is 1.54. The van der Waals surface area contributed by atoms with E-state index >= 15 is 0 Å². The second kappa shape index (κ2) is 6.82. The minimum absolute atomic E-state index is 0.0860. The van der Waals surface area contributed by atoms with Crippen molar-refractivity contribution < 1.29 is 27.8 Å². The van der Waals surface area contributed by atoms with Crippen molar-refractivity contribution in [1.82, 2.24) is 0 Å². The first-order valence-corrected chi connectivity index (χ1v) is 5.68. The fraction of sp³-hybridized carbons (Fsp3) is 0.385. The van der Waals surface area contributed by atoms with Crippen molar-refractivity contribution in [2.75, 3.05) is 6.61 Å². The van der Waals surface area contributed by atoms with Gasteiger partial charge in [0, 0.05) is 6.42 Å². The van der Waals surface area contributed by atoms with E-state index in [9.17, 15) is 18.4 Å². The summed E-state index contributed by atoms with van der Waals surface area (Å²) in [6, 6.07) is 4.07. The zero-order chi connectivity index (χ0) is 14.4. The Morgan fingerprint density at radius 2 is 2.00 bits per heavy atom. The van der Waals surface area contributed by atoms with Crippen LogP contribution in [-0.4, -0.2) is 25.0 Å². The lowest BCUT2D eigenvalue weighted by atomic mass is 10.1. The van der Waals surface area contributed by atoms with Crippen molar-refractivity contribution >= 4 is 11.8 Å². The highest BCUT2D eigenvalue weighted by Crippen LogP contribution is 2.24. The third-order valence-electron chi connectivity index (χ3n) is 2.21. The molecule has 19 heavy (non-hydrogen) atoms. The van der Waals surface area contributed by atoms with Crippen molar-refractivity contribution in [2.24, 2.45) is 0 Å². The molecule has 0 bridgehead atoms. The van der Waals surface area contributed by atoms with Gasteiger partial charge in [0.1, 0.15) is 17.1 Å². The van der Waals surface area contributed by atoms with Crippen LogP contribution in [0.1, 0.15) is 29.8 Å². The Kier molecular flexibility index (Phi) is 5.41. The Hall–Kier alpha value is -1.98. The van der Waals surface area contributed by atoms with Crippen molar-refractivity contribution in [3.8, 4) is 5.75 Å². The van der Waals surface area contributed by atoms with E-state index in [1.54, 1.807) is 6.92 Å². The summed E-state index contributed by atoms with van der Waals surface area (Å²) in [4.78, 5) is 22.6. The lowest BCUT2D eigenvalue weighted by molar-refractivity contribution is -0.116. The molecule has 0 aliphatic heterocycles. The molecule has 1 aromatic rings. The van der Waals surface area contributed by atoms with Gasteiger partial charge in [0.15, 0.2) is 0 Å². The van der Waals surface area contributed by atoms with Crippen LogP contribution < -0.4 is 4.74 Å². The van der Waals surface area contributed by atoms with E-state index < -0.39 is 12.6 Å². The molecular formula is C13H14F2O4. The van der Waals surface area contributed by atoms with E-state index in [0.29, 0.717) is 5.56 Å². The summed E-state index contributed by atoms with van der Waals surface area (Å²) in [6.45, 7) is 0.0609. The predicted molar refractivity (Wildman–Crippen MR) is 63.4 cm³/mol. The highest BCUT2D eigenvalue weighted by atomic mass is 19.3. The molecule has 6 heteroatoms. The van der Waals surface area contributed by atoms with Crippen molar-refractivity contribution in [1.29, 1.82) is 0 Å². The van der Waals surface area contributed by atoms with Gasteiger partial charge in [0.05, 0.1) is 6.61 Å². The molecule has 0 N–H and O–H groups in total. The lowest BCUT2D eigenvalue weighted by Gasteiger charge is -2.11. The first-order valence-electron chi connectivity index (χ1n) is 5.68. The molecule has 0 spiro atoms. The van der Waals surface area contributed by atoms with Crippen molar-refractivity contribution in [3.05, 3.63) is 29.3 Å². The number of esters is 1. The van der Waals surface area contributed by atoms with Crippen LogP contribution in [0.25, 0.3) is 0 Å². The molecule has 0 saturated heterocycles. The van der Waals surface area contributed by atoms with Gasteiger partial charge in [-0.1, -0.05) is 6.07 Å². The highest BCUT2D eigenvalue weighted by molar-refractivity contribution is 5.92. The molecule has 0 fully saturated rings. The molecule has 0 unspecified atom stereocenters. The number of alkyl halides is 2. The smallest absolute Gasteiger partial charge is 0.387 e. The predicted octanol–water partition coefficient (Wildman–Crippen LogP) is 2.60. The number of Topliss-reactive ketones (excluding diaryl/α,β-unsaturated/α-hetero) is 1. The fourth-order valence-electron chi connectivity index (χ4n) is 1.54. The quantitative estimate of drug-likeness (QED) is 0.747. The minimum Gasteiger partial charge on any atom is -0.462 e. The summed E-state index contributed by atoms with van der Waals surface area (Å²) in [6.07, 6.45) is 0.0860. The third kappa shape index (κ3) is 4.65. The molecule has 0 aliphatic rings. The van der Waals surface area contributed by atoms with Crippen LogP contribution in [0.15, 0.2) is 18.2 Å². The van der Waals surface area contributed by atoms with Gasteiger partial charge >= 0.3 is 12.6 Å². The third-order valence-corrected chi connectivity index (χ3v) is 2.21. The van der Waals surface area contributed by atoms with Crippen LogP contribution in [-0.2, 0) is 16.0 Å². The number of carbonyl (C=O) groups is 2. The number of hydrogen-bond donors (Lipinski definition) is 0. The number of ketones is 1. The summed E-state index contributed by atoms with van der Waals surface area (Å²) < 4.78 is 33.6. The monoisotopic (exact) mass is 272 g/mol. The van der Waals surface area contributed by atoms with E-state index in [0.717, 1.165) is 0 Å². The Morgan fingerprint density at radius 3 is 2.53 bits per heavy atom. The second-order valence-corrected chi connectivity index (χ2v) is 3.81. The van der Waals surface area contributed by atoms with Crippen LogP contribution in [0.4, 0.5) is 8.78 Å². The van der Waals surface area contributed by atoms with Crippen molar-refractivity contribution in [2.45, 2.75) is 26.9 Å². The van der Waals surface area contributed by atoms with Gasteiger partial charge in [-0.2, -0.15) is 8.78 Å². The average Bonchev–Trinajstić information content (AvgIpc) is 2.27. The van der Waals surface area contributed by atoms with Gasteiger partial charge in [0.25, 0.3) is 0 Å². The van der Waals surface area contributed by atoms with E-state index in [-0.39, 0.29) is 30.1 Å². The Balaban J connectivity index is 3.08. The van der Waals surface area contributed by atoms with Gasteiger partial charge < -0.3 is 9.47 Å². The number of carbonyl (C=O) groups excluding carboxylic acids is 2. The van der Waals surface area contributed by atoms with Crippen LogP contribution in [0.5, 0.6) is 5.75 Å². The molecule has 1 aromatic carbocycles. The minimum atomic E-state index is -3.05. The first kappa shape index (κ1) is 15.1. The average molecular weight is 272 g/mol. The summed E-state index contributed by atoms with van der Waals surface area (Å²) in [5.41, 5.74) is 0.408. The molecular weight excluding hydrogens is 258 g/mol. The van der Waals surface area contributed by atoms with Crippen LogP contribution >= 0.6 is 0 Å². The van der Waals surface area contributed by atoms with Gasteiger partial charge in [-0.15, -0.1) is 0 Å². The zero-order valence-electron chi connectivity index (χ0n) is 10.6. The maximum atomic E-state index is 12.3. The Bertz CT molecular complexity index is 472. The largest absolute Gasteiger partial charge is 0.462 e. The molecule has 0 atom stereocenters. The van der Waals surface area contributed by atoms with Crippen LogP contribution in [0, 0.1) is 0 Å². The van der Waals surface area contributed by atoms with E-state index in [4.69, 9.17) is 4.74 Å². The summed E-state index contributed by atoms with van der Waals surface area (Å²) in [5.74, 6) is -1.15. The Morgan fingerprint density at radius 1 is 1.32 bits per heavy atom. The van der Waals surface area contributed by atoms with Gasteiger partial charge in [-0.25, -0.2) is 4.79 Å². The molecule has 1 rings (SSSR count). The molecule has 0 amide bonds. The normalized spacial score (nSPS) is 10.4. The summed E-state index contributed by atoms with van der Waals surface area (Å²) in [7, 11) is 0. The number of ether oxygens (including phenoxy) is 2. The summed E-state index contributed by atoms with van der Waals surface area (Å²) >= 11 is 0. The number of rotatable bonds is 6. The number of benzene rings is 1. The molecule has 0 saturated carbocycles. The molecule has 104 valence electrons. The maximum Gasteiger partial charge on any atom is 0.387 e. The molecule has 0 radical (unpaired) electrons. The molecule has 4 nitrogen and oxygen atoms in total. The topological polar surface area (TPSA) is 52.6 Å². The van der Waals surface area contributed by atoms with Crippen LogP contribution in [0.3, 0.4) is 0 Å². The maximum absolute atomic E-state index is 12.3. The second-order valence-electron chi connectivity index (χ2n) is 3.81. The van der Waals surface area contributed by atoms with Gasteiger partial charge in [-0.3, -0.25) is 4.79 Å². The van der Waals surface area contributed by atoms with Gasteiger partial charge in [0.2, 0.25) is 0 Å². The Labute approximate surface area is 109 Å². The van der Waals surface area contributed by atoms with Crippen molar-refractivity contribution in [3.63, 3.8) is 0 Å². The lowest BCUT2D eigenvalue weighted by Crippen LogP contribution is -2.11. The number of halogens is 2. The molecule has 0 aliphatic carbocycles. The molecule has 0 aromatic heterocycles. The first-order chi connectivity index (χ1) is 8.93. The number of hydrogen-bond acceptors (Lipinski definition) is 4. The highest BCUT2D eigenvalue weighted by Gasteiger charge is 2.17. The van der Waals surface area contributed by atoms with E-state index in [1.807, 2.05) is 0 Å². The van der Waals surface area contributed by atoms with Crippen LogP contribution in [0.2, 0.25) is 0 Å². The standard InChI is InChI=1S/C13H14F2O4/c1-3-18-12(17)10-5-4-9(6-8(2)16)7-11(10)19-13(14)15/h4-5,7,13H,3,6H2,1-2H3. The van der Waals surface area contributed by atoms with Gasteiger partial charge in [-0.05, 0) is 31.5 Å². The SMILES string of the molecule is CCOC(=O)c1ccc(CC(C)=O)cc1OC(F)F.